The molecule has 0 fully saturated rings. The van der Waals surface area contributed by atoms with Crippen LogP contribution in [0.15, 0.2) is 29.5 Å². The number of esters is 1. The highest BCUT2D eigenvalue weighted by Crippen LogP contribution is 2.25. The van der Waals surface area contributed by atoms with E-state index in [2.05, 4.69) is 10.1 Å². The molecule has 1 N–H and O–H groups in total. The molecule has 1 rings (SSSR count). The van der Waals surface area contributed by atoms with E-state index in [1.54, 1.807) is 18.2 Å². The van der Waals surface area contributed by atoms with E-state index in [4.69, 9.17) is 27.4 Å². The highest BCUT2D eigenvalue weighted by Gasteiger charge is 2.11. The number of carbonyl (C=O) groups excluding carboxylic acids is 1. The fourth-order valence-corrected chi connectivity index (χ4v) is 1.51. The van der Waals surface area contributed by atoms with Crippen molar-refractivity contribution in [2.45, 2.75) is 0 Å². The van der Waals surface area contributed by atoms with E-state index in [9.17, 15) is 4.79 Å². The van der Waals surface area contributed by atoms with Gasteiger partial charge in [-0.2, -0.15) is 15.8 Å². The molecular formula is C13H7ClN4O2. The monoisotopic (exact) mass is 286 g/mol. The van der Waals surface area contributed by atoms with Gasteiger partial charge in [0.15, 0.2) is 5.57 Å². The lowest BCUT2D eigenvalue weighted by atomic mass is 10.2. The predicted octanol–water partition coefficient (Wildman–Crippen LogP) is 2.36. The highest BCUT2D eigenvalue weighted by atomic mass is 35.5. The minimum absolute atomic E-state index is 0.149. The Morgan fingerprint density at radius 1 is 1.25 bits per heavy atom. The van der Waals surface area contributed by atoms with Gasteiger partial charge in [-0.3, -0.25) is 0 Å². The number of anilines is 1. The lowest BCUT2D eigenvalue weighted by Gasteiger charge is -2.08. The van der Waals surface area contributed by atoms with E-state index in [0.29, 0.717) is 5.69 Å². The Morgan fingerprint density at radius 3 is 2.35 bits per heavy atom. The molecule has 7 heteroatoms. The van der Waals surface area contributed by atoms with Crippen molar-refractivity contribution in [3.63, 3.8) is 0 Å². The van der Waals surface area contributed by atoms with Gasteiger partial charge in [0.1, 0.15) is 23.9 Å². The number of ether oxygens (including phenoxy) is 1. The van der Waals surface area contributed by atoms with Gasteiger partial charge in [0.25, 0.3) is 0 Å². The van der Waals surface area contributed by atoms with Crippen molar-refractivity contribution < 1.29 is 9.53 Å². The Bertz CT molecular complexity index is 689. The minimum Gasteiger partial charge on any atom is -0.465 e. The van der Waals surface area contributed by atoms with Gasteiger partial charge in [-0.1, -0.05) is 11.6 Å². The summed E-state index contributed by atoms with van der Waals surface area (Å²) in [6.45, 7) is 0. The van der Waals surface area contributed by atoms with Crippen LogP contribution in [0.5, 0.6) is 0 Å². The maximum absolute atomic E-state index is 11.3. The Labute approximate surface area is 120 Å². The Hall–Kier alpha value is -3.01. The van der Waals surface area contributed by atoms with Crippen LogP contribution in [0.4, 0.5) is 5.69 Å². The quantitative estimate of drug-likeness (QED) is 0.674. The molecule has 0 atom stereocenters. The molecule has 0 amide bonds. The third-order valence-electron chi connectivity index (χ3n) is 2.24. The summed E-state index contributed by atoms with van der Waals surface area (Å²) in [4.78, 5) is 11.3. The molecule has 0 aliphatic rings. The smallest absolute Gasteiger partial charge is 0.337 e. The zero-order valence-corrected chi connectivity index (χ0v) is 11.0. The SMILES string of the molecule is COC(=O)c1ccc(NC(C#N)=C(C#N)C#N)c(Cl)c1. The second-order valence-electron chi connectivity index (χ2n) is 3.40. The summed E-state index contributed by atoms with van der Waals surface area (Å²) < 4.78 is 4.54. The number of allylic oxidation sites excluding steroid dienone is 2. The van der Waals surface area contributed by atoms with Gasteiger partial charge >= 0.3 is 5.97 Å². The van der Waals surface area contributed by atoms with Crippen LogP contribution >= 0.6 is 11.6 Å². The van der Waals surface area contributed by atoms with Crippen molar-refractivity contribution in [3.8, 4) is 18.2 Å². The molecule has 0 saturated carbocycles. The number of methoxy groups -OCH3 is 1. The third-order valence-corrected chi connectivity index (χ3v) is 2.55. The van der Waals surface area contributed by atoms with Crippen LogP contribution in [-0.2, 0) is 4.74 Å². The minimum atomic E-state index is -0.552. The van der Waals surface area contributed by atoms with E-state index in [1.807, 2.05) is 0 Å². The van der Waals surface area contributed by atoms with Crippen LogP contribution in [0.3, 0.4) is 0 Å². The summed E-state index contributed by atoms with van der Waals surface area (Å²) in [5.74, 6) is -0.552. The zero-order valence-electron chi connectivity index (χ0n) is 10.3. The summed E-state index contributed by atoms with van der Waals surface area (Å²) in [5, 5.41) is 29.0. The van der Waals surface area contributed by atoms with Crippen molar-refractivity contribution in [1.29, 1.82) is 15.8 Å². The Kier molecular flexibility index (Phi) is 5.12. The second-order valence-corrected chi connectivity index (χ2v) is 3.80. The number of nitriles is 3. The van der Waals surface area contributed by atoms with Crippen LogP contribution in [-0.4, -0.2) is 13.1 Å². The number of nitrogens with zero attached hydrogens (tertiary/aromatic N) is 3. The Balaban J connectivity index is 3.16. The predicted molar refractivity (Wildman–Crippen MR) is 70.3 cm³/mol. The second kappa shape index (κ2) is 6.80. The molecular weight excluding hydrogens is 280 g/mol. The van der Waals surface area contributed by atoms with E-state index >= 15 is 0 Å². The molecule has 0 aromatic heterocycles. The maximum atomic E-state index is 11.3. The van der Waals surface area contributed by atoms with Gasteiger partial charge < -0.3 is 10.1 Å². The van der Waals surface area contributed by atoms with E-state index in [-0.39, 0.29) is 21.9 Å². The lowest BCUT2D eigenvalue weighted by Crippen LogP contribution is -2.04. The van der Waals surface area contributed by atoms with E-state index in [1.165, 1.54) is 25.3 Å². The molecule has 0 radical (unpaired) electrons. The summed E-state index contributed by atoms with van der Waals surface area (Å²) in [6.07, 6.45) is 0. The fraction of sp³-hybridized carbons (Fsp3) is 0.0769. The molecule has 0 saturated heterocycles. The van der Waals surface area contributed by atoms with Crippen LogP contribution in [0.25, 0.3) is 0 Å². The summed E-state index contributed by atoms with van der Waals surface area (Å²) >= 11 is 5.95. The van der Waals surface area contributed by atoms with E-state index in [0.717, 1.165) is 0 Å². The van der Waals surface area contributed by atoms with Gasteiger partial charge in [0.05, 0.1) is 23.4 Å². The topological polar surface area (TPSA) is 110 Å². The lowest BCUT2D eigenvalue weighted by molar-refractivity contribution is 0.0601. The third kappa shape index (κ3) is 3.26. The zero-order chi connectivity index (χ0) is 15.1. The molecule has 0 bridgehead atoms. The van der Waals surface area contributed by atoms with Crippen LogP contribution in [0, 0.1) is 34.0 Å². The number of hydrogen-bond donors (Lipinski definition) is 1. The number of halogens is 1. The molecule has 6 nitrogen and oxygen atoms in total. The number of hydrogen-bond acceptors (Lipinski definition) is 6. The average Bonchev–Trinajstić information content (AvgIpc) is 2.47. The van der Waals surface area contributed by atoms with Gasteiger partial charge in [0.2, 0.25) is 0 Å². The molecule has 0 heterocycles. The van der Waals surface area contributed by atoms with Crippen molar-refractivity contribution in [2.24, 2.45) is 0 Å². The van der Waals surface area contributed by atoms with Gasteiger partial charge in [0, 0.05) is 0 Å². The number of carbonyl (C=O) groups is 1. The van der Waals surface area contributed by atoms with Gasteiger partial charge in [-0.05, 0) is 18.2 Å². The first kappa shape index (κ1) is 15.0. The first-order valence-electron chi connectivity index (χ1n) is 5.16. The standard InChI is InChI=1S/C13H7ClN4O2/c1-20-13(19)8-2-3-11(10(14)4-8)18-12(7-17)9(5-15)6-16/h2-4,18H,1H3. The normalized spacial score (nSPS) is 8.55. The van der Waals surface area contributed by atoms with E-state index < -0.39 is 5.97 Å². The summed E-state index contributed by atoms with van der Waals surface area (Å²) in [7, 11) is 1.24. The largest absolute Gasteiger partial charge is 0.465 e. The molecule has 98 valence electrons. The van der Waals surface area contributed by atoms with Crippen molar-refractivity contribution in [3.05, 3.63) is 40.1 Å². The van der Waals surface area contributed by atoms with Crippen LogP contribution in [0.1, 0.15) is 10.4 Å². The first-order valence-corrected chi connectivity index (χ1v) is 5.54. The molecule has 0 unspecified atom stereocenters. The first-order chi connectivity index (χ1) is 9.57. The van der Waals surface area contributed by atoms with Gasteiger partial charge in [-0.15, -0.1) is 0 Å². The molecule has 0 aliphatic carbocycles. The van der Waals surface area contributed by atoms with Crippen molar-refractivity contribution >= 4 is 23.3 Å². The summed E-state index contributed by atoms with van der Waals surface area (Å²) in [5.41, 5.74) is -0.0477. The summed E-state index contributed by atoms with van der Waals surface area (Å²) in [6, 6.07) is 9.13. The molecule has 1 aromatic rings. The maximum Gasteiger partial charge on any atom is 0.337 e. The van der Waals surface area contributed by atoms with Crippen molar-refractivity contribution in [2.75, 3.05) is 12.4 Å². The van der Waals surface area contributed by atoms with Crippen LogP contribution in [0.2, 0.25) is 5.02 Å². The number of benzene rings is 1. The molecule has 0 aliphatic heterocycles. The number of rotatable bonds is 3. The molecule has 0 spiro atoms. The van der Waals surface area contributed by atoms with Gasteiger partial charge in [-0.25, -0.2) is 4.79 Å². The molecule has 20 heavy (non-hydrogen) atoms. The number of nitrogens with one attached hydrogen (secondary N) is 1. The van der Waals surface area contributed by atoms with Crippen LogP contribution < -0.4 is 5.32 Å². The Morgan fingerprint density at radius 2 is 1.90 bits per heavy atom. The average molecular weight is 287 g/mol. The molecule has 1 aromatic carbocycles. The van der Waals surface area contributed by atoms with Crippen molar-refractivity contribution in [1.82, 2.24) is 0 Å². The fourth-order valence-electron chi connectivity index (χ4n) is 1.28. The highest BCUT2D eigenvalue weighted by molar-refractivity contribution is 6.33.